The van der Waals surface area contributed by atoms with Gasteiger partial charge in [0.15, 0.2) is 0 Å². The second kappa shape index (κ2) is 6.69. The number of nitrogens with one attached hydrogen (secondary N) is 1. The number of aromatic nitrogens is 1. The number of nitrogens with zero attached hydrogens (tertiary/aromatic N) is 2. The standard InChI is InChI=1S/C20H16ClN3O2/c1-26-15-6-4-5-14(11-15)23-19-16-7-2-3-8-17(16)20(25)24(19)18-10-9-13(21)12-22-18/h2-12,19,23H,1H3/t19-/m0/s1. The van der Waals surface area contributed by atoms with E-state index in [0.717, 1.165) is 17.0 Å². The molecule has 6 heteroatoms. The molecule has 1 aliphatic heterocycles. The molecule has 0 bridgehead atoms. The van der Waals surface area contributed by atoms with Gasteiger partial charge in [-0.1, -0.05) is 35.9 Å². The molecule has 5 nitrogen and oxygen atoms in total. The van der Waals surface area contributed by atoms with E-state index < -0.39 is 0 Å². The van der Waals surface area contributed by atoms with Crippen LogP contribution in [-0.2, 0) is 0 Å². The lowest BCUT2D eigenvalue weighted by Crippen LogP contribution is -2.32. The van der Waals surface area contributed by atoms with Crippen LogP contribution in [0.5, 0.6) is 5.75 Å². The molecule has 1 amide bonds. The van der Waals surface area contributed by atoms with Crippen LogP contribution in [0.15, 0.2) is 66.9 Å². The molecule has 1 atom stereocenters. The summed E-state index contributed by atoms with van der Waals surface area (Å²) in [5, 5.41) is 3.94. The SMILES string of the molecule is COc1cccc(N[C@@H]2c3ccccc3C(=O)N2c2ccc(Cl)cn2)c1. The smallest absolute Gasteiger partial charge is 0.261 e. The highest BCUT2D eigenvalue weighted by atomic mass is 35.5. The summed E-state index contributed by atoms with van der Waals surface area (Å²) in [4.78, 5) is 19.0. The third-order valence-electron chi connectivity index (χ3n) is 4.29. The van der Waals surface area contributed by atoms with Crippen LogP contribution in [-0.4, -0.2) is 18.0 Å². The first kappa shape index (κ1) is 16.4. The number of pyridine rings is 1. The average molecular weight is 366 g/mol. The van der Waals surface area contributed by atoms with Crippen molar-refractivity contribution in [3.05, 3.63) is 83.0 Å². The fourth-order valence-electron chi connectivity index (χ4n) is 3.08. The van der Waals surface area contributed by atoms with Gasteiger partial charge in [-0.05, 0) is 30.3 Å². The van der Waals surface area contributed by atoms with E-state index in [-0.39, 0.29) is 12.1 Å². The molecule has 0 saturated heterocycles. The second-order valence-corrected chi connectivity index (χ2v) is 6.31. The first-order chi connectivity index (χ1) is 12.7. The van der Waals surface area contributed by atoms with Crippen molar-refractivity contribution in [2.45, 2.75) is 6.17 Å². The number of benzene rings is 2. The molecule has 0 unspecified atom stereocenters. The Hall–Kier alpha value is -3.05. The highest BCUT2D eigenvalue weighted by molar-refractivity contribution is 6.30. The zero-order valence-corrected chi connectivity index (χ0v) is 14.8. The summed E-state index contributed by atoms with van der Waals surface area (Å²) in [5.41, 5.74) is 2.40. The summed E-state index contributed by atoms with van der Waals surface area (Å²) in [5.74, 6) is 1.18. The summed E-state index contributed by atoms with van der Waals surface area (Å²) in [6.45, 7) is 0. The molecular weight excluding hydrogens is 350 g/mol. The summed E-state index contributed by atoms with van der Waals surface area (Å²) >= 11 is 5.95. The van der Waals surface area contributed by atoms with Gasteiger partial charge in [0.1, 0.15) is 17.7 Å². The lowest BCUT2D eigenvalue weighted by Gasteiger charge is -2.26. The molecule has 26 heavy (non-hydrogen) atoms. The molecule has 0 saturated carbocycles. The van der Waals surface area contributed by atoms with E-state index in [0.29, 0.717) is 16.4 Å². The van der Waals surface area contributed by atoms with Crippen LogP contribution in [0.1, 0.15) is 22.1 Å². The van der Waals surface area contributed by atoms with Crippen molar-refractivity contribution in [1.82, 2.24) is 4.98 Å². The molecule has 4 rings (SSSR count). The zero-order valence-electron chi connectivity index (χ0n) is 14.0. The minimum Gasteiger partial charge on any atom is -0.497 e. The maximum absolute atomic E-state index is 13.0. The summed E-state index contributed by atoms with van der Waals surface area (Å²) < 4.78 is 5.29. The summed E-state index contributed by atoms with van der Waals surface area (Å²) in [7, 11) is 1.62. The van der Waals surface area contributed by atoms with Gasteiger partial charge in [0.2, 0.25) is 0 Å². The van der Waals surface area contributed by atoms with E-state index in [4.69, 9.17) is 16.3 Å². The average Bonchev–Trinajstić information content (AvgIpc) is 2.95. The maximum atomic E-state index is 13.0. The van der Waals surface area contributed by atoms with Crippen molar-refractivity contribution in [3.63, 3.8) is 0 Å². The number of anilines is 2. The minimum absolute atomic E-state index is 0.101. The molecule has 2 aromatic carbocycles. The lowest BCUT2D eigenvalue weighted by molar-refractivity contribution is 0.0992. The van der Waals surface area contributed by atoms with E-state index in [1.807, 2.05) is 48.5 Å². The quantitative estimate of drug-likeness (QED) is 0.738. The Balaban J connectivity index is 1.76. The van der Waals surface area contributed by atoms with Crippen molar-refractivity contribution in [2.75, 3.05) is 17.3 Å². The topological polar surface area (TPSA) is 54.5 Å². The Labute approximate surface area is 156 Å². The number of fused-ring (bicyclic) bond motifs is 1. The van der Waals surface area contributed by atoms with Gasteiger partial charge in [-0.15, -0.1) is 0 Å². The monoisotopic (exact) mass is 365 g/mol. The highest BCUT2D eigenvalue weighted by Crippen LogP contribution is 2.37. The van der Waals surface area contributed by atoms with Gasteiger partial charge in [-0.3, -0.25) is 9.69 Å². The molecule has 1 aliphatic rings. The summed E-state index contributed by atoms with van der Waals surface area (Å²) in [6, 6.07) is 18.6. The summed E-state index contributed by atoms with van der Waals surface area (Å²) in [6.07, 6.45) is 1.16. The van der Waals surface area contributed by atoms with Gasteiger partial charge in [0, 0.05) is 29.1 Å². The number of ether oxygens (including phenoxy) is 1. The van der Waals surface area contributed by atoms with E-state index in [1.54, 1.807) is 24.1 Å². The Morgan fingerprint density at radius 1 is 1.12 bits per heavy atom. The number of halogens is 1. The Bertz CT molecular complexity index is 959. The number of hydrogen-bond acceptors (Lipinski definition) is 4. The molecule has 1 aromatic heterocycles. The van der Waals surface area contributed by atoms with Crippen molar-refractivity contribution < 1.29 is 9.53 Å². The van der Waals surface area contributed by atoms with Gasteiger partial charge in [0.05, 0.1) is 12.1 Å². The van der Waals surface area contributed by atoms with Gasteiger partial charge in [0.25, 0.3) is 5.91 Å². The first-order valence-corrected chi connectivity index (χ1v) is 8.50. The van der Waals surface area contributed by atoms with Crippen LogP contribution in [0.25, 0.3) is 0 Å². The number of rotatable bonds is 4. The normalized spacial score (nSPS) is 15.7. The fourth-order valence-corrected chi connectivity index (χ4v) is 3.19. The third kappa shape index (κ3) is 2.86. The van der Waals surface area contributed by atoms with Gasteiger partial charge < -0.3 is 10.1 Å². The maximum Gasteiger partial charge on any atom is 0.261 e. The van der Waals surface area contributed by atoms with E-state index in [2.05, 4.69) is 10.3 Å². The fraction of sp³-hybridized carbons (Fsp3) is 0.100. The van der Waals surface area contributed by atoms with Crippen molar-refractivity contribution >= 4 is 29.0 Å². The van der Waals surface area contributed by atoms with E-state index in [9.17, 15) is 4.79 Å². The predicted octanol–water partition coefficient (Wildman–Crippen LogP) is 4.51. The molecule has 0 aliphatic carbocycles. The number of carbonyl (C=O) groups is 1. The number of amides is 1. The zero-order chi connectivity index (χ0) is 18.1. The van der Waals surface area contributed by atoms with Crippen molar-refractivity contribution in [1.29, 1.82) is 0 Å². The molecule has 0 fully saturated rings. The van der Waals surface area contributed by atoms with Crippen LogP contribution in [0.4, 0.5) is 11.5 Å². The third-order valence-corrected chi connectivity index (χ3v) is 4.52. The lowest BCUT2D eigenvalue weighted by atomic mass is 10.1. The number of methoxy groups -OCH3 is 1. The molecule has 0 radical (unpaired) electrons. The van der Waals surface area contributed by atoms with Crippen LogP contribution < -0.4 is 15.0 Å². The Morgan fingerprint density at radius 2 is 1.96 bits per heavy atom. The Kier molecular flexibility index (Phi) is 4.22. The van der Waals surface area contributed by atoms with Crippen LogP contribution >= 0.6 is 11.6 Å². The van der Waals surface area contributed by atoms with Crippen LogP contribution in [0.3, 0.4) is 0 Å². The van der Waals surface area contributed by atoms with Crippen LogP contribution in [0.2, 0.25) is 5.02 Å². The van der Waals surface area contributed by atoms with Gasteiger partial charge in [-0.2, -0.15) is 0 Å². The highest BCUT2D eigenvalue weighted by Gasteiger charge is 2.38. The number of hydrogen-bond donors (Lipinski definition) is 1. The largest absolute Gasteiger partial charge is 0.497 e. The first-order valence-electron chi connectivity index (χ1n) is 8.12. The Morgan fingerprint density at radius 3 is 2.73 bits per heavy atom. The molecule has 130 valence electrons. The van der Waals surface area contributed by atoms with E-state index >= 15 is 0 Å². The van der Waals surface area contributed by atoms with Crippen LogP contribution in [0, 0.1) is 0 Å². The number of carbonyl (C=O) groups excluding carboxylic acids is 1. The van der Waals surface area contributed by atoms with Gasteiger partial charge in [-0.25, -0.2) is 4.98 Å². The molecular formula is C20H16ClN3O2. The van der Waals surface area contributed by atoms with E-state index in [1.165, 1.54) is 6.20 Å². The predicted molar refractivity (Wildman–Crippen MR) is 102 cm³/mol. The second-order valence-electron chi connectivity index (χ2n) is 5.88. The molecule has 2 heterocycles. The van der Waals surface area contributed by atoms with Gasteiger partial charge >= 0.3 is 0 Å². The van der Waals surface area contributed by atoms with Crippen molar-refractivity contribution in [2.24, 2.45) is 0 Å². The van der Waals surface area contributed by atoms with Crippen molar-refractivity contribution in [3.8, 4) is 5.75 Å². The molecule has 1 N–H and O–H groups in total. The molecule has 3 aromatic rings. The minimum atomic E-state index is -0.375. The molecule has 0 spiro atoms.